The number of rotatable bonds is 6. The Kier molecular flexibility index (Phi) is 6.84. The van der Waals surface area contributed by atoms with Crippen LogP contribution in [0.3, 0.4) is 0 Å². The van der Waals surface area contributed by atoms with Gasteiger partial charge in [-0.3, -0.25) is 0 Å². The zero-order valence-corrected chi connectivity index (χ0v) is 13.5. The van der Waals surface area contributed by atoms with E-state index in [0.29, 0.717) is 6.61 Å². The number of methoxy groups -OCH3 is 4. The average molecular weight is 292 g/mol. The van der Waals surface area contributed by atoms with E-state index in [1.165, 1.54) is 0 Å². The standard InChI is InChI=1S/C14H28O6/c1-14(2,3)20-13-12(18-7)11(17-6)10(16-5)9(19-13)8-15-4/h9-13H,8H2,1-7H3/t9-,10-,11+,12-,13+/m1/s1. The van der Waals surface area contributed by atoms with Gasteiger partial charge in [0, 0.05) is 28.4 Å². The highest BCUT2D eigenvalue weighted by molar-refractivity contribution is 4.92. The molecule has 0 aliphatic carbocycles. The first-order chi connectivity index (χ1) is 9.37. The van der Waals surface area contributed by atoms with E-state index in [0.717, 1.165) is 0 Å². The van der Waals surface area contributed by atoms with Crippen molar-refractivity contribution in [2.24, 2.45) is 0 Å². The van der Waals surface area contributed by atoms with Crippen LogP contribution in [0.15, 0.2) is 0 Å². The Balaban J connectivity index is 2.94. The zero-order valence-electron chi connectivity index (χ0n) is 13.5. The average Bonchev–Trinajstić information content (AvgIpc) is 2.36. The second-order valence-electron chi connectivity index (χ2n) is 5.83. The van der Waals surface area contributed by atoms with Crippen LogP contribution in [0.25, 0.3) is 0 Å². The van der Waals surface area contributed by atoms with Gasteiger partial charge in [-0.2, -0.15) is 0 Å². The molecule has 0 aromatic rings. The van der Waals surface area contributed by atoms with Crippen molar-refractivity contribution in [1.29, 1.82) is 0 Å². The fourth-order valence-electron chi connectivity index (χ4n) is 2.42. The molecule has 0 aromatic heterocycles. The Morgan fingerprint density at radius 3 is 1.80 bits per heavy atom. The lowest BCUT2D eigenvalue weighted by Gasteiger charge is -2.46. The molecule has 1 aliphatic rings. The summed E-state index contributed by atoms with van der Waals surface area (Å²) in [6.07, 6.45) is -1.72. The molecule has 120 valence electrons. The summed E-state index contributed by atoms with van der Waals surface area (Å²) in [6.45, 7) is 6.31. The predicted molar refractivity (Wildman–Crippen MR) is 73.8 cm³/mol. The summed E-state index contributed by atoms with van der Waals surface area (Å²) < 4.78 is 33.7. The van der Waals surface area contributed by atoms with E-state index < -0.39 is 6.29 Å². The van der Waals surface area contributed by atoms with Crippen LogP contribution >= 0.6 is 0 Å². The summed E-state index contributed by atoms with van der Waals surface area (Å²) in [4.78, 5) is 0. The summed E-state index contributed by atoms with van der Waals surface area (Å²) in [5.41, 5.74) is -0.350. The second-order valence-corrected chi connectivity index (χ2v) is 5.83. The van der Waals surface area contributed by atoms with E-state index in [-0.39, 0.29) is 30.0 Å². The Hall–Kier alpha value is -0.240. The Bertz CT molecular complexity index is 277. The summed E-state index contributed by atoms with van der Waals surface area (Å²) >= 11 is 0. The van der Waals surface area contributed by atoms with Crippen LogP contribution in [0.2, 0.25) is 0 Å². The van der Waals surface area contributed by atoms with Crippen molar-refractivity contribution in [3.05, 3.63) is 0 Å². The minimum Gasteiger partial charge on any atom is -0.382 e. The van der Waals surface area contributed by atoms with E-state index >= 15 is 0 Å². The zero-order chi connectivity index (χ0) is 15.3. The highest BCUT2D eigenvalue weighted by atomic mass is 16.7. The molecule has 0 bridgehead atoms. The fraction of sp³-hybridized carbons (Fsp3) is 1.00. The molecule has 0 amide bonds. The van der Waals surface area contributed by atoms with Crippen LogP contribution in [0.1, 0.15) is 20.8 Å². The number of hydrogen-bond acceptors (Lipinski definition) is 6. The first-order valence-electron chi connectivity index (χ1n) is 6.78. The molecule has 1 fully saturated rings. The number of hydrogen-bond donors (Lipinski definition) is 0. The van der Waals surface area contributed by atoms with Crippen LogP contribution in [0.4, 0.5) is 0 Å². The van der Waals surface area contributed by atoms with Gasteiger partial charge in [0.05, 0.1) is 12.2 Å². The van der Waals surface area contributed by atoms with Gasteiger partial charge in [0.25, 0.3) is 0 Å². The molecule has 6 nitrogen and oxygen atoms in total. The lowest BCUT2D eigenvalue weighted by molar-refractivity contribution is -0.331. The van der Waals surface area contributed by atoms with Gasteiger partial charge in [-0.1, -0.05) is 0 Å². The molecule has 1 rings (SSSR count). The first kappa shape index (κ1) is 17.8. The normalized spacial score (nSPS) is 35.2. The fourth-order valence-corrected chi connectivity index (χ4v) is 2.42. The third-order valence-electron chi connectivity index (χ3n) is 3.21. The van der Waals surface area contributed by atoms with E-state index in [1.54, 1.807) is 28.4 Å². The molecule has 6 heteroatoms. The van der Waals surface area contributed by atoms with Gasteiger partial charge in [-0.15, -0.1) is 0 Å². The molecule has 1 aliphatic heterocycles. The van der Waals surface area contributed by atoms with E-state index in [2.05, 4.69) is 0 Å². The van der Waals surface area contributed by atoms with Crippen molar-refractivity contribution < 1.29 is 28.4 Å². The lowest BCUT2D eigenvalue weighted by atomic mass is 9.98. The molecule has 0 saturated carbocycles. The van der Waals surface area contributed by atoms with Gasteiger partial charge in [-0.05, 0) is 20.8 Å². The topological polar surface area (TPSA) is 55.4 Å². The quantitative estimate of drug-likeness (QED) is 0.733. The smallest absolute Gasteiger partial charge is 0.187 e. The van der Waals surface area contributed by atoms with Crippen LogP contribution < -0.4 is 0 Å². The molecule has 0 radical (unpaired) electrons. The van der Waals surface area contributed by atoms with Crippen LogP contribution in [0.5, 0.6) is 0 Å². The molecule has 5 atom stereocenters. The van der Waals surface area contributed by atoms with Crippen LogP contribution in [-0.2, 0) is 28.4 Å². The maximum absolute atomic E-state index is 5.96. The molecule has 20 heavy (non-hydrogen) atoms. The van der Waals surface area contributed by atoms with Gasteiger partial charge in [0.1, 0.15) is 24.4 Å². The van der Waals surface area contributed by atoms with Gasteiger partial charge in [-0.25, -0.2) is 0 Å². The third-order valence-corrected chi connectivity index (χ3v) is 3.21. The lowest BCUT2D eigenvalue weighted by Crippen LogP contribution is -2.62. The Morgan fingerprint density at radius 1 is 0.850 bits per heavy atom. The summed E-state index contributed by atoms with van der Waals surface area (Å²) in [6, 6.07) is 0. The van der Waals surface area contributed by atoms with Gasteiger partial charge in [0.2, 0.25) is 0 Å². The molecule has 0 unspecified atom stereocenters. The molecular formula is C14H28O6. The first-order valence-corrected chi connectivity index (χ1v) is 6.78. The maximum atomic E-state index is 5.96. The Labute approximate surface area is 121 Å². The SMILES string of the molecule is COC[C@H]1O[C@@H](OC(C)(C)C)[C@H](OC)[C@@H](OC)[C@@H]1OC. The van der Waals surface area contributed by atoms with E-state index in [4.69, 9.17) is 28.4 Å². The monoisotopic (exact) mass is 292 g/mol. The van der Waals surface area contributed by atoms with Crippen LogP contribution in [-0.4, -0.2) is 71.4 Å². The van der Waals surface area contributed by atoms with Crippen molar-refractivity contribution in [3.63, 3.8) is 0 Å². The molecule has 1 saturated heterocycles. The molecular weight excluding hydrogens is 264 g/mol. The minimum absolute atomic E-state index is 0.270. The summed E-state index contributed by atoms with van der Waals surface area (Å²) in [5.74, 6) is 0. The van der Waals surface area contributed by atoms with E-state index in [9.17, 15) is 0 Å². The van der Waals surface area contributed by atoms with Gasteiger partial charge in [0.15, 0.2) is 6.29 Å². The van der Waals surface area contributed by atoms with Crippen LogP contribution in [0, 0.1) is 0 Å². The maximum Gasteiger partial charge on any atom is 0.187 e. The highest BCUT2D eigenvalue weighted by Crippen LogP contribution is 2.30. The van der Waals surface area contributed by atoms with Crippen molar-refractivity contribution in [2.45, 2.75) is 57.1 Å². The summed E-state index contributed by atoms with van der Waals surface area (Å²) in [5, 5.41) is 0. The largest absolute Gasteiger partial charge is 0.382 e. The van der Waals surface area contributed by atoms with Crippen molar-refractivity contribution >= 4 is 0 Å². The number of ether oxygens (including phenoxy) is 6. The molecule has 0 N–H and O–H groups in total. The van der Waals surface area contributed by atoms with Gasteiger partial charge >= 0.3 is 0 Å². The van der Waals surface area contributed by atoms with Gasteiger partial charge < -0.3 is 28.4 Å². The summed E-state index contributed by atoms with van der Waals surface area (Å²) in [7, 11) is 6.49. The predicted octanol–water partition coefficient (Wildman–Crippen LogP) is 1.22. The minimum atomic E-state index is -0.531. The molecule has 1 heterocycles. The second kappa shape index (κ2) is 7.68. The third kappa shape index (κ3) is 4.38. The van der Waals surface area contributed by atoms with E-state index in [1.807, 2.05) is 20.8 Å². The molecule has 0 aromatic carbocycles. The van der Waals surface area contributed by atoms with Crippen molar-refractivity contribution in [1.82, 2.24) is 0 Å². The van der Waals surface area contributed by atoms with Crippen molar-refractivity contribution in [2.75, 3.05) is 35.0 Å². The Morgan fingerprint density at radius 2 is 1.40 bits per heavy atom. The van der Waals surface area contributed by atoms with Crippen molar-refractivity contribution in [3.8, 4) is 0 Å². The highest BCUT2D eigenvalue weighted by Gasteiger charge is 2.48. The molecule has 0 spiro atoms.